The van der Waals surface area contributed by atoms with E-state index in [1.54, 1.807) is 24.3 Å². The summed E-state index contributed by atoms with van der Waals surface area (Å²) in [4.78, 5) is 0.283. The molecule has 0 saturated carbocycles. The van der Waals surface area contributed by atoms with Crippen LogP contribution in [0, 0.1) is 6.92 Å². The number of hydrogen-bond acceptors (Lipinski definition) is 2. The van der Waals surface area contributed by atoms with Crippen molar-refractivity contribution in [2.24, 2.45) is 0 Å². The number of rotatable bonds is 3. The number of para-hydroxylation sites is 1. The molecule has 0 spiro atoms. The predicted molar refractivity (Wildman–Crippen MR) is 101 cm³/mol. The number of fused-ring (bicyclic) bond motifs is 1. The van der Waals surface area contributed by atoms with Crippen LogP contribution >= 0.6 is 0 Å². The molecule has 0 amide bonds. The molecule has 4 heteroatoms. The zero-order valence-corrected chi connectivity index (χ0v) is 14.6. The van der Waals surface area contributed by atoms with Crippen LogP contribution in [0.1, 0.15) is 5.56 Å². The van der Waals surface area contributed by atoms with E-state index in [-0.39, 0.29) is 4.90 Å². The Hall–Kier alpha value is -2.85. The molecular formula is C21H17NO2S. The highest BCUT2D eigenvalue weighted by atomic mass is 32.2. The molecule has 0 aliphatic heterocycles. The molecule has 0 radical (unpaired) electrons. The molecule has 1 heterocycles. The summed E-state index contributed by atoms with van der Waals surface area (Å²) < 4.78 is 28.2. The quantitative estimate of drug-likeness (QED) is 0.531. The van der Waals surface area contributed by atoms with Gasteiger partial charge in [0.15, 0.2) is 0 Å². The molecule has 0 fully saturated rings. The van der Waals surface area contributed by atoms with Crippen molar-refractivity contribution < 1.29 is 8.42 Å². The lowest BCUT2D eigenvalue weighted by Crippen LogP contribution is -2.14. The molecule has 0 saturated heterocycles. The molecule has 4 aromatic rings. The summed E-state index contributed by atoms with van der Waals surface area (Å²) in [6, 6.07) is 25.9. The van der Waals surface area contributed by atoms with Crippen LogP contribution in [0.2, 0.25) is 0 Å². The summed E-state index contributed by atoms with van der Waals surface area (Å²) in [6.07, 6.45) is 0. The van der Waals surface area contributed by atoms with Gasteiger partial charge in [-0.15, -0.1) is 0 Å². The topological polar surface area (TPSA) is 39.1 Å². The van der Waals surface area contributed by atoms with Crippen molar-refractivity contribution in [3.8, 4) is 11.3 Å². The largest absolute Gasteiger partial charge is 0.268 e. The van der Waals surface area contributed by atoms with Crippen molar-refractivity contribution in [1.29, 1.82) is 0 Å². The minimum absolute atomic E-state index is 0.283. The maximum Gasteiger partial charge on any atom is 0.268 e. The van der Waals surface area contributed by atoms with E-state index in [0.717, 1.165) is 16.5 Å². The van der Waals surface area contributed by atoms with Gasteiger partial charge < -0.3 is 0 Å². The van der Waals surface area contributed by atoms with E-state index in [9.17, 15) is 8.42 Å². The Balaban J connectivity index is 2.07. The fraction of sp³-hybridized carbons (Fsp3) is 0.0476. The maximum atomic E-state index is 13.4. The molecule has 0 atom stereocenters. The summed E-state index contributed by atoms with van der Waals surface area (Å²) in [7, 11) is -3.70. The molecule has 0 N–H and O–H groups in total. The molecule has 124 valence electrons. The molecule has 0 bridgehead atoms. The molecule has 3 aromatic carbocycles. The molecule has 0 aliphatic rings. The van der Waals surface area contributed by atoms with Gasteiger partial charge in [-0.05, 0) is 42.8 Å². The molecule has 4 rings (SSSR count). The Morgan fingerprint density at radius 1 is 0.760 bits per heavy atom. The predicted octanol–water partition coefficient (Wildman–Crippen LogP) is 4.85. The first-order valence-corrected chi connectivity index (χ1v) is 9.49. The Morgan fingerprint density at radius 2 is 1.48 bits per heavy atom. The van der Waals surface area contributed by atoms with E-state index in [1.165, 1.54) is 3.97 Å². The van der Waals surface area contributed by atoms with Crippen molar-refractivity contribution in [2.75, 3.05) is 0 Å². The van der Waals surface area contributed by atoms with Crippen molar-refractivity contribution in [1.82, 2.24) is 3.97 Å². The SMILES string of the molecule is Cc1cccc(-c2cc3ccccc3n2S(=O)(=O)c2ccccc2)c1. The number of hydrogen-bond donors (Lipinski definition) is 0. The molecule has 1 aromatic heterocycles. The van der Waals surface area contributed by atoms with E-state index in [0.29, 0.717) is 11.2 Å². The molecular weight excluding hydrogens is 330 g/mol. The monoisotopic (exact) mass is 347 g/mol. The second-order valence-electron chi connectivity index (χ2n) is 6.04. The van der Waals surface area contributed by atoms with Crippen LogP contribution in [0.3, 0.4) is 0 Å². The van der Waals surface area contributed by atoms with Gasteiger partial charge in [-0.2, -0.15) is 0 Å². The summed E-state index contributed by atoms with van der Waals surface area (Å²) in [6.45, 7) is 2.00. The smallest absolute Gasteiger partial charge is 0.233 e. The first-order valence-electron chi connectivity index (χ1n) is 8.05. The summed E-state index contributed by atoms with van der Waals surface area (Å²) in [5, 5.41) is 0.901. The van der Waals surface area contributed by atoms with Gasteiger partial charge in [-0.3, -0.25) is 0 Å². The second kappa shape index (κ2) is 5.90. The van der Waals surface area contributed by atoms with Crippen molar-refractivity contribution >= 4 is 20.9 Å². The summed E-state index contributed by atoms with van der Waals surface area (Å²) in [5.74, 6) is 0. The highest BCUT2D eigenvalue weighted by molar-refractivity contribution is 7.90. The number of aromatic nitrogens is 1. The van der Waals surface area contributed by atoms with Gasteiger partial charge in [0.05, 0.1) is 16.1 Å². The van der Waals surface area contributed by atoms with Crippen LogP contribution in [-0.2, 0) is 10.0 Å². The Labute approximate surface area is 147 Å². The average molecular weight is 347 g/mol. The minimum Gasteiger partial charge on any atom is -0.233 e. The van der Waals surface area contributed by atoms with Crippen molar-refractivity contribution in [3.05, 3.63) is 90.5 Å². The second-order valence-corrected chi connectivity index (χ2v) is 7.83. The number of nitrogens with zero attached hydrogens (tertiary/aromatic N) is 1. The van der Waals surface area contributed by atoms with E-state index in [1.807, 2.05) is 67.6 Å². The third-order valence-electron chi connectivity index (χ3n) is 4.26. The zero-order chi connectivity index (χ0) is 17.4. The molecule has 0 aliphatic carbocycles. The van der Waals surface area contributed by atoms with Gasteiger partial charge in [-0.1, -0.05) is 60.2 Å². The number of benzene rings is 3. The van der Waals surface area contributed by atoms with Gasteiger partial charge in [-0.25, -0.2) is 12.4 Å². The highest BCUT2D eigenvalue weighted by Crippen LogP contribution is 2.32. The van der Waals surface area contributed by atoms with Crippen LogP contribution in [0.15, 0.2) is 89.8 Å². The maximum absolute atomic E-state index is 13.4. The van der Waals surface area contributed by atoms with Gasteiger partial charge in [0, 0.05) is 5.39 Å². The lowest BCUT2D eigenvalue weighted by atomic mass is 10.1. The fourth-order valence-corrected chi connectivity index (χ4v) is 4.65. The molecule has 25 heavy (non-hydrogen) atoms. The average Bonchev–Trinajstić information content (AvgIpc) is 3.03. The minimum atomic E-state index is -3.70. The summed E-state index contributed by atoms with van der Waals surface area (Å²) >= 11 is 0. The third-order valence-corrected chi connectivity index (χ3v) is 6.00. The van der Waals surface area contributed by atoms with Gasteiger partial charge in [0.2, 0.25) is 0 Å². The van der Waals surface area contributed by atoms with Crippen molar-refractivity contribution in [3.63, 3.8) is 0 Å². The van der Waals surface area contributed by atoms with Gasteiger partial charge >= 0.3 is 0 Å². The number of aryl methyl sites for hydroxylation is 1. The summed E-state index contributed by atoms with van der Waals surface area (Å²) in [5.41, 5.74) is 3.33. The van der Waals surface area contributed by atoms with E-state index >= 15 is 0 Å². The third kappa shape index (κ3) is 2.65. The fourth-order valence-electron chi connectivity index (χ4n) is 3.09. The standard InChI is InChI=1S/C21H17NO2S/c1-16-8-7-10-17(14-16)21-15-18-9-5-6-13-20(18)22(21)25(23,24)19-11-3-2-4-12-19/h2-15H,1H3. The first kappa shape index (κ1) is 15.7. The van der Waals surface area contributed by atoms with Crippen molar-refractivity contribution in [2.45, 2.75) is 11.8 Å². The van der Waals surface area contributed by atoms with E-state index in [4.69, 9.17) is 0 Å². The zero-order valence-electron chi connectivity index (χ0n) is 13.8. The highest BCUT2D eigenvalue weighted by Gasteiger charge is 2.23. The Kier molecular flexibility index (Phi) is 3.70. The molecule has 0 unspecified atom stereocenters. The van der Waals surface area contributed by atoms with Crippen LogP contribution < -0.4 is 0 Å². The van der Waals surface area contributed by atoms with E-state index in [2.05, 4.69) is 0 Å². The van der Waals surface area contributed by atoms with Crippen LogP contribution in [0.25, 0.3) is 22.2 Å². The molecule has 3 nitrogen and oxygen atoms in total. The lowest BCUT2D eigenvalue weighted by Gasteiger charge is -2.12. The lowest BCUT2D eigenvalue weighted by molar-refractivity contribution is 0.589. The first-order chi connectivity index (χ1) is 12.1. The van der Waals surface area contributed by atoms with Gasteiger partial charge in [0.1, 0.15) is 0 Å². The van der Waals surface area contributed by atoms with Gasteiger partial charge in [0.25, 0.3) is 10.0 Å². The normalized spacial score (nSPS) is 11.7. The van der Waals surface area contributed by atoms with Crippen LogP contribution in [0.4, 0.5) is 0 Å². The van der Waals surface area contributed by atoms with Crippen LogP contribution in [0.5, 0.6) is 0 Å². The Bertz CT molecular complexity index is 1160. The van der Waals surface area contributed by atoms with E-state index < -0.39 is 10.0 Å². The Morgan fingerprint density at radius 3 is 2.24 bits per heavy atom. The van der Waals surface area contributed by atoms with Crippen LogP contribution in [-0.4, -0.2) is 12.4 Å².